The van der Waals surface area contributed by atoms with Gasteiger partial charge in [-0.15, -0.1) is 0 Å². The Hall–Kier alpha value is -2.93. The van der Waals surface area contributed by atoms with Crippen molar-refractivity contribution in [3.63, 3.8) is 0 Å². The van der Waals surface area contributed by atoms with Gasteiger partial charge in [0.15, 0.2) is 0 Å². The summed E-state index contributed by atoms with van der Waals surface area (Å²) in [6.07, 6.45) is 0. The predicted octanol–water partition coefficient (Wildman–Crippen LogP) is 3.84. The second kappa shape index (κ2) is 7.36. The molecule has 0 saturated carbocycles. The van der Waals surface area contributed by atoms with Gasteiger partial charge in [-0.05, 0) is 29.8 Å². The summed E-state index contributed by atoms with van der Waals surface area (Å²) in [6, 6.07) is 13.1. The lowest BCUT2D eigenvalue weighted by atomic mass is 10.0. The molecule has 0 radical (unpaired) electrons. The van der Waals surface area contributed by atoms with E-state index in [2.05, 4.69) is 15.5 Å². The zero-order chi connectivity index (χ0) is 18.8. The number of rotatable bonds is 4. The van der Waals surface area contributed by atoms with Gasteiger partial charge in [0, 0.05) is 30.2 Å². The number of amides is 2. The van der Waals surface area contributed by atoms with Crippen LogP contribution in [0.25, 0.3) is 11.4 Å². The molecular formula is C19H16ClFN4O2. The van der Waals surface area contributed by atoms with Gasteiger partial charge in [-0.3, -0.25) is 0 Å². The molecule has 1 N–H and O–H groups in total. The molecule has 138 valence electrons. The molecule has 1 saturated heterocycles. The smallest absolute Gasteiger partial charge is 0.317 e. The summed E-state index contributed by atoms with van der Waals surface area (Å²) >= 11 is 5.98. The van der Waals surface area contributed by atoms with Crippen molar-refractivity contribution in [2.24, 2.45) is 0 Å². The van der Waals surface area contributed by atoms with E-state index in [1.807, 2.05) is 12.1 Å². The molecule has 2 amide bonds. The summed E-state index contributed by atoms with van der Waals surface area (Å²) < 4.78 is 18.2. The summed E-state index contributed by atoms with van der Waals surface area (Å²) in [5.41, 5.74) is 1.62. The Kier molecular flexibility index (Phi) is 4.77. The highest BCUT2D eigenvalue weighted by atomic mass is 35.5. The van der Waals surface area contributed by atoms with Crippen LogP contribution >= 0.6 is 11.6 Å². The van der Waals surface area contributed by atoms with Crippen molar-refractivity contribution in [3.05, 3.63) is 70.8 Å². The van der Waals surface area contributed by atoms with Crippen LogP contribution in [0.1, 0.15) is 17.4 Å². The first-order valence-electron chi connectivity index (χ1n) is 8.45. The number of likely N-dealkylation sites (tertiary alicyclic amines) is 1. The van der Waals surface area contributed by atoms with E-state index in [0.29, 0.717) is 36.4 Å². The van der Waals surface area contributed by atoms with Crippen LogP contribution in [0.3, 0.4) is 0 Å². The maximum atomic E-state index is 12.9. The summed E-state index contributed by atoms with van der Waals surface area (Å²) in [5.74, 6) is 0.702. The van der Waals surface area contributed by atoms with Crippen LogP contribution in [0.2, 0.25) is 5.02 Å². The largest absolute Gasteiger partial charge is 0.339 e. The number of hydrogen-bond donors (Lipinski definition) is 1. The first kappa shape index (κ1) is 17.5. The van der Waals surface area contributed by atoms with Crippen LogP contribution in [0.5, 0.6) is 0 Å². The monoisotopic (exact) mass is 386 g/mol. The Labute approximate surface area is 159 Å². The van der Waals surface area contributed by atoms with Crippen molar-refractivity contribution >= 4 is 17.6 Å². The number of carbonyl (C=O) groups excluding carboxylic acids is 1. The molecule has 0 spiro atoms. The van der Waals surface area contributed by atoms with Gasteiger partial charge in [0.25, 0.3) is 0 Å². The van der Waals surface area contributed by atoms with E-state index >= 15 is 0 Å². The zero-order valence-electron chi connectivity index (χ0n) is 14.2. The second-order valence-corrected chi connectivity index (χ2v) is 6.79. The molecule has 8 heteroatoms. The Bertz CT molecular complexity index is 954. The Morgan fingerprint density at radius 1 is 1.26 bits per heavy atom. The summed E-state index contributed by atoms with van der Waals surface area (Å²) in [7, 11) is 0. The van der Waals surface area contributed by atoms with Crippen LogP contribution in [-0.4, -0.2) is 34.2 Å². The molecule has 1 aromatic heterocycles. The van der Waals surface area contributed by atoms with Crippen LogP contribution in [0.15, 0.2) is 53.1 Å². The fourth-order valence-electron chi connectivity index (χ4n) is 2.84. The van der Waals surface area contributed by atoms with Crippen LogP contribution in [-0.2, 0) is 6.54 Å². The molecule has 27 heavy (non-hydrogen) atoms. The van der Waals surface area contributed by atoms with Crippen LogP contribution < -0.4 is 5.32 Å². The number of hydrogen-bond acceptors (Lipinski definition) is 4. The number of aromatic nitrogens is 2. The minimum atomic E-state index is -0.299. The average molecular weight is 387 g/mol. The first-order valence-corrected chi connectivity index (χ1v) is 8.83. The highest BCUT2D eigenvalue weighted by Crippen LogP contribution is 2.28. The summed E-state index contributed by atoms with van der Waals surface area (Å²) in [6.45, 7) is 1.36. The molecule has 2 heterocycles. The number of nitrogens with zero attached hydrogens (tertiary/aromatic N) is 3. The topological polar surface area (TPSA) is 71.3 Å². The highest BCUT2D eigenvalue weighted by molar-refractivity contribution is 6.30. The molecule has 0 aliphatic carbocycles. The third-order valence-electron chi connectivity index (χ3n) is 4.40. The summed E-state index contributed by atoms with van der Waals surface area (Å²) in [5, 5.41) is 7.41. The first-order chi connectivity index (χ1) is 13.1. The molecule has 1 aliphatic heterocycles. The Morgan fingerprint density at radius 2 is 2.04 bits per heavy atom. The maximum absolute atomic E-state index is 12.9. The van der Waals surface area contributed by atoms with E-state index in [-0.39, 0.29) is 17.8 Å². The van der Waals surface area contributed by atoms with Gasteiger partial charge in [-0.2, -0.15) is 4.98 Å². The van der Waals surface area contributed by atoms with E-state index < -0.39 is 0 Å². The number of halogens is 2. The lowest BCUT2D eigenvalue weighted by molar-refractivity contribution is 0.136. The average Bonchev–Trinajstić information content (AvgIpc) is 3.10. The quantitative estimate of drug-likeness (QED) is 0.739. The van der Waals surface area contributed by atoms with Gasteiger partial charge < -0.3 is 14.7 Å². The zero-order valence-corrected chi connectivity index (χ0v) is 15.0. The molecule has 0 atom stereocenters. The standard InChI is InChI=1S/C19H16ClFN4O2/c20-15-3-1-2-13(8-15)17-23-18(27-24-17)14-10-25(11-14)19(26)22-9-12-4-6-16(21)7-5-12/h1-8,14H,9-11H2,(H,22,26). The van der Waals surface area contributed by atoms with Crippen molar-refractivity contribution in [2.45, 2.75) is 12.5 Å². The number of urea groups is 1. The minimum Gasteiger partial charge on any atom is -0.339 e. The lowest BCUT2D eigenvalue weighted by Gasteiger charge is -2.36. The molecule has 2 aromatic carbocycles. The van der Waals surface area contributed by atoms with Gasteiger partial charge >= 0.3 is 6.03 Å². The highest BCUT2D eigenvalue weighted by Gasteiger charge is 2.35. The molecule has 1 fully saturated rings. The lowest BCUT2D eigenvalue weighted by Crippen LogP contribution is -2.52. The molecule has 4 rings (SSSR count). The van der Waals surface area contributed by atoms with E-state index in [0.717, 1.165) is 11.1 Å². The van der Waals surface area contributed by atoms with Crippen LogP contribution in [0, 0.1) is 5.82 Å². The van der Waals surface area contributed by atoms with E-state index in [1.165, 1.54) is 12.1 Å². The van der Waals surface area contributed by atoms with Gasteiger partial charge in [-0.25, -0.2) is 9.18 Å². The Morgan fingerprint density at radius 3 is 2.78 bits per heavy atom. The molecule has 0 unspecified atom stereocenters. The molecule has 1 aliphatic rings. The second-order valence-electron chi connectivity index (χ2n) is 6.35. The normalized spacial score (nSPS) is 14.1. The van der Waals surface area contributed by atoms with Gasteiger partial charge in [-0.1, -0.05) is 41.0 Å². The minimum absolute atomic E-state index is 0.0157. The molecule has 6 nitrogen and oxygen atoms in total. The van der Waals surface area contributed by atoms with Gasteiger partial charge in [0.05, 0.1) is 5.92 Å². The fourth-order valence-corrected chi connectivity index (χ4v) is 3.03. The van der Waals surface area contributed by atoms with Crippen LogP contribution in [0.4, 0.5) is 9.18 Å². The Balaban J connectivity index is 1.30. The van der Waals surface area contributed by atoms with E-state index in [9.17, 15) is 9.18 Å². The van der Waals surface area contributed by atoms with Gasteiger partial charge in [0.1, 0.15) is 5.82 Å². The van der Waals surface area contributed by atoms with Crippen molar-refractivity contribution in [3.8, 4) is 11.4 Å². The van der Waals surface area contributed by atoms with E-state index in [1.54, 1.807) is 29.2 Å². The molecule has 3 aromatic rings. The SMILES string of the molecule is O=C(NCc1ccc(F)cc1)N1CC(c2nc(-c3cccc(Cl)c3)no2)C1. The van der Waals surface area contributed by atoms with E-state index in [4.69, 9.17) is 16.1 Å². The number of nitrogens with one attached hydrogen (secondary N) is 1. The number of carbonyl (C=O) groups is 1. The fraction of sp³-hybridized carbons (Fsp3) is 0.211. The van der Waals surface area contributed by atoms with Crippen molar-refractivity contribution in [2.75, 3.05) is 13.1 Å². The molecular weight excluding hydrogens is 371 g/mol. The predicted molar refractivity (Wildman–Crippen MR) is 97.7 cm³/mol. The van der Waals surface area contributed by atoms with Crippen molar-refractivity contribution < 1.29 is 13.7 Å². The summed E-state index contributed by atoms with van der Waals surface area (Å²) in [4.78, 5) is 18.2. The maximum Gasteiger partial charge on any atom is 0.317 e. The van der Waals surface area contributed by atoms with Crippen molar-refractivity contribution in [1.29, 1.82) is 0 Å². The third-order valence-corrected chi connectivity index (χ3v) is 4.63. The molecule has 0 bridgehead atoms. The number of benzene rings is 2. The third kappa shape index (κ3) is 3.93. The van der Waals surface area contributed by atoms with Gasteiger partial charge in [0.2, 0.25) is 11.7 Å². The van der Waals surface area contributed by atoms with Crippen molar-refractivity contribution in [1.82, 2.24) is 20.4 Å².